The van der Waals surface area contributed by atoms with Gasteiger partial charge in [-0.1, -0.05) is 38.5 Å². The monoisotopic (exact) mass is 290 g/mol. The molecule has 0 aliphatic carbocycles. The molecule has 1 aromatic rings. The lowest BCUT2D eigenvalue weighted by atomic mass is 9.97. The summed E-state index contributed by atoms with van der Waals surface area (Å²) in [6.45, 7) is 7.78. The van der Waals surface area contributed by atoms with Crippen molar-refractivity contribution >= 4 is 0 Å². The Morgan fingerprint density at radius 2 is 2.10 bits per heavy atom. The molecule has 1 aliphatic rings. The van der Waals surface area contributed by atoms with Crippen LogP contribution in [0.25, 0.3) is 0 Å². The van der Waals surface area contributed by atoms with E-state index in [0.717, 1.165) is 24.9 Å². The van der Waals surface area contributed by atoms with Crippen LogP contribution in [-0.2, 0) is 0 Å². The van der Waals surface area contributed by atoms with Crippen LogP contribution in [0.15, 0.2) is 24.3 Å². The van der Waals surface area contributed by atoms with Gasteiger partial charge < -0.3 is 10.1 Å². The van der Waals surface area contributed by atoms with Crippen LogP contribution in [0.3, 0.4) is 0 Å². The molecule has 1 aliphatic heterocycles. The fourth-order valence-corrected chi connectivity index (χ4v) is 3.47. The van der Waals surface area contributed by atoms with E-state index in [2.05, 4.69) is 42.3 Å². The molecule has 0 spiro atoms. The molecule has 1 aromatic carbocycles. The van der Waals surface area contributed by atoms with E-state index in [1.165, 1.54) is 37.8 Å². The number of likely N-dealkylation sites (N-methyl/N-ethyl adjacent to an activating group) is 1. The van der Waals surface area contributed by atoms with Crippen LogP contribution in [0.5, 0.6) is 5.75 Å². The Morgan fingerprint density at radius 3 is 2.81 bits per heavy atom. The van der Waals surface area contributed by atoms with Gasteiger partial charge in [0.25, 0.3) is 0 Å². The van der Waals surface area contributed by atoms with Gasteiger partial charge in [-0.3, -0.25) is 4.90 Å². The summed E-state index contributed by atoms with van der Waals surface area (Å²) in [6, 6.07) is 9.49. The Morgan fingerprint density at radius 1 is 1.29 bits per heavy atom. The molecule has 3 heteroatoms. The molecular weight excluding hydrogens is 260 g/mol. The van der Waals surface area contributed by atoms with E-state index in [1.807, 2.05) is 6.07 Å². The van der Waals surface area contributed by atoms with Crippen molar-refractivity contribution in [3.63, 3.8) is 0 Å². The van der Waals surface area contributed by atoms with Crippen molar-refractivity contribution in [1.29, 1.82) is 0 Å². The molecule has 0 saturated carbocycles. The molecule has 0 aromatic heterocycles. The third-order valence-corrected chi connectivity index (χ3v) is 4.60. The van der Waals surface area contributed by atoms with Gasteiger partial charge in [0, 0.05) is 24.2 Å². The Hall–Kier alpha value is -1.06. The van der Waals surface area contributed by atoms with Gasteiger partial charge in [0.1, 0.15) is 5.75 Å². The van der Waals surface area contributed by atoms with Crippen molar-refractivity contribution in [1.82, 2.24) is 10.2 Å². The fourth-order valence-electron chi connectivity index (χ4n) is 3.47. The largest absolute Gasteiger partial charge is 0.496 e. The third-order valence-electron chi connectivity index (χ3n) is 4.60. The van der Waals surface area contributed by atoms with Gasteiger partial charge in [-0.05, 0) is 38.4 Å². The number of nitrogens with zero attached hydrogens (tertiary/aromatic N) is 1. The maximum Gasteiger partial charge on any atom is 0.123 e. The molecule has 1 N–H and O–H groups in total. The predicted molar refractivity (Wildman–Crippen MR) is 88.9 cm³/mol. The van der Waals surface area contributed by atoms with Crippen LogP contribution >= 0.6 is 0 Å². The molecule has 2 unspecified atom stereocenters. The number of nitrogens with one attached hydrogen (secondary N) is 1. The van der Waals surface area contributed by atoms with E-state index in [0.29, 0.717) is 6.04 Å². The highest BCUT2D eigenvalue weighted by molar-refractivity contribution is 5.36. The Kier molecular flexibility index (Phi) is 6.52. The molecule has 0 radical (unpaired) electrons. The molecule has 0 amide bonds. The molecule has 1 heterocycles. The minimum Gasteiger partial charge on any atom is -0.496 e. The van der Waals surface area contributed by atoms with Crippen molar-refractivity contribution in [2.24, 2.45) is 0 Å². The standard InChI is InChI=1S/C18H30N2O/c1-4-15-10-8-9-13-20(15)14-17(19-5-2)16-11-6-7-12-18(16)21-3/h6-7,11-12,15,17,19H,4-5,8-10,13-14H2,1-3H3. The second kappa shape index (κ2) is 8.40. The van der Waals surface area contributed by atoms with Crippen molar-refractivity contribution in [3.8, 4) is 5.75 Å². The molecule has 1 saturated heterocycles. The average Bonchev–Trinajstić information content (AvgIpc) is 2.55. The van der Waals surface area contributed by atoms with Crippen LogP contribution < -0.4 is 10.1 Å². The maximum atomic E-state index is 5.56. The van der Waals surface area contributed by atoms with Crippen LogP contribution in [0, 0.1) is 0 Å². The van der Waals surface area contributed by atoms with E-state index in [-0.39, 0.29) is 0 Å². The summed E-state index contributed by atoms with van der Waals surface area (Å²) in [5.74, 6) is 0.994. The molecule has 3 nitrogen and oxygen atoms in total. The van der Waals surface area contributed by atoms with E-state index in [9.17, 15) is 0 Å². The first kappa shape index (κ1) is 16.3. The van der Waals surface area contributed by atoms with E-state index < -0.39 is 0 Å². The van der Waals surface area contributed by atoms with Gasteiger partial charge in [-0.2, -0.15) is 0 Å². The summed E-state index contributed by atoms with van der Waals surface area (Å²) >= 11 is 0. The van der Waals surface area contributed by atoms with E-state index in [1.54, 1.807) is 7.11 Å². The minimum absolute atomic E-state index is 0.346. The first-order valence-corrected chi connectivity index (χ1v) is 8.40. The summed E-state index contributed by atoms with van der Waals surface area (Å²) in [5.41, 5.74) is 1.28. The molecule has 2 atom stereocenters. The first-order chi connectivity index (χ1) is 10.3. The normalized spacial score (nSPS) is 21.2. The van der Waals surface area contributed by atoms with Crippen LogP contribution in [0.1, 0.15) is 51.1 Å². The Balaban J connectivity index is 2.14. The first-order valence-electron chi connectivity index (χ1n) is 8.40. The predicted octanol–water partition coefficient (Wildman–Crippen LogP) is 3.61. The highest BCUT2D eigenvalue weighted by Crippen LogP contribution is 2.28. The Bertz CT molecular complexity index is 421. The Labute approximate surface area is 129 Å². The van der Waals surface area contributed by atoms with Gasteiger partial charge in [0.2, 0.25) is 0 Å². The minimum atomic E-state index is 0.346. The molecule has 2 rings (SSSR count). The zero-order valence-corrected chi connectivity index (χ0v) is 13.8. The van der Waals surface area contributed by atoms with Crippen molar-refractivity contribution < 1.29 is 4.74 Å². The second-order valence-electron chi connectivity index (χ2n) is 5.91. The zero-order chi connectivity index (χ0) is 15.1. The molecule has 0 bridgehead atoms. The average molecular weight is 290 g/mol. The number of piperidine rings is 1. The number of para-hydroxylation sites is 1. The van der Waals surface area contributed by atoms with Gasteiger partial charge in [0.05, 0.1) is 7.11 Å². The summed E-state index contributed by atoms with van der Waals surface area (Å²) in [4.78, 5) is 2.67. The smallest absolute Gasteiger partial charge is 0.123 e. The van der Waals surface area contributed by atoms with Gasteiger partial charge in [-0.25, -0.2) is 0 Å². The second-order valence-corrected chi connectivity index (χ2v) is 5.91. The third kappa shape index (κ3) is 4.21. The maximum absolute atomic E-state index is 5.56. The number of rotatable bonds is 7. The number of methoxy groups -OCH3 is 1. The van der Waals surface area contributed by atoms with Crippen LogP contribution in [-0.4, -0.2) is 37.7 Å². The van der Waals surface area contributed by atoms with Gasteiger partial charge >= 0.3 is 0 Å². The lowest BCUT2D eigenvalue weighted by molar-refractivity contribution is 0.129. The number of hydrogen-bond acceptors (Lipinski definition) is 3. The lowest BCUT2D eigenvalue weighted by Crippen LogP contribution is -2.44. The molecule has 1 fully saturated rings. The number of benzene rings is 1. The van der Waals surface area contributed by atoms with Gasteiger partial charge in [0.15, 0.2) is 0 Å². The van der Waals surface area contributed by atoms with Crippen LogP contribution in [0.4, 0.5) is 0 Å². The molecule has 21 heavy (non-hydrogen) atoms. The summed E-state index contributed by atoms with van der Waals surface area (Å²) in [5, 5.41) is 3.64. The topological polar surface area (TPSA) is 24.5 Å². The van der Waals surface area contributed by atoms with E-state index in [4.69, 9.17) is 4.74 Å². The summed E-state index contributed by atoms with van der Waals surface area (Å²) in [7, 11) is 1.76. The van der Waals surface area contributed by atoms with Crippen molar-refractivity contribution in [2.45, 2.75) is 51.6 Å². The van der Waals surface area contributed by atoms with Crippen molar-refractivity contribution in [3.05, 3.63) is 29.8 Å². The zero-order valence-electron chi connectivity index (χ0n) is 13.8. The summed E-state index contributed by atoms with van der Waals surface area (Å²) in [6.07, 6.45) is 5.32. The fraction of sp³-hybridized carbons (Fsp3) is 0.667. The van der Waals surface area contributed by atoms with Gasteiger partial charge in [-0.15, -0.1) is 0 Å². The summed E-state index contributed by atoms with van der Waals surface area (Å²) < 4.78 is 5.56. The SMILES string of the molecule is CCNC(CN1CCCCC1CC)c1ccccc1OC. The van der Waals surface area contributed by atoms with Crippen molar-refractivity contribution in [2.75, 3.05) is 26.7 Å². The highest BCUT2D eigenvalue weighted by Gasteiger charge is 2.25. The molecule has 118 valence electrons. The van der Waals surface area contributed by atoms with E-state index >= 15 is 0 Å². The number of likely N-dealkylation sites (tertiary alicyclic amines) is 1. The highest BCUT2D eigenvalue weighted by atomic mass is 16.5. The quantitative estimate of drug-likeness (QED) is 0.830. The number of hydrogen-bond donors (Lipinski definition) is 1. The lowest BCUT2D eigenvalue weighted by Gasteiger charge is -2.38. The molecular formula is C18H30N2O. The van der Waals surface area contributed by atoms with Crippen LogP contribution in [0.2, 0.25) is 0 Å². The number of ether oxygens (including phenoxy) is 1.